The van der Waals surface area contributed by atoms with Gasteiger partial charge in [-0.05, 0) is 12.5 Å². The number of alkyl halides is 2. The van der Waals surface area contributed by atoms with E-state index in [4.69, 9.17) is 0 Å². The second-order valence-electron chi connectivity index (χ2n) is 4.15. The molecule has 1 aromatic rings. The van der Waals surface area contributed by atoms with Crippen LogP contribution in [0.4, 0.5) is 8.78 Å². The maximum absolute atomic E-state index is 13.2. The number of nitrogens with zero attached hydrogens (tertiary/aromatic N) is 2. The van der Waals surface area contributed by atoms with Crippen molar-refractivity contribution in [2.45, 2.75) is 37.2 Å². The lowest BCUT2D eigenvalue weighted by Gasteiger charge is -2.33. The van der Waals surface area contributed by atoms with Crippen molar-refractivity contribution < 1.29 is 13.9 Å². The number of aliphatic hydroxyl groups is 1. The van der Waals surface area contributed by atoms with Gasteiger partial charge in [0.05, 0.1) is 6.10 Å². The number of rotatable bonds is 1. The molecule has 84 valence electrons. The van der Waals surface area contributed by atoms with E-state index in [2.05, 4.69) is 5.10 Å². The van der Waals surface area contributed by atoms with E-state index in [0.717, 1.165) is 0 Å². The largest absolute Gasteiger partial charge is 0.392 e. The fourth-order valence-corrected chi connectivity index (χ4v) is 2.17. The van der Waals surface area contributed by atoms with Gasteiger partial charge in [0.1, 0.15) is 0 Å². The molecular weight excluding hydrogens is 202 g/mol. The van der Waals surface area contributed by atoms with Crippen molar-refractivity contribution in [2.75, 3.05) is 0 Å². The Morgan fingerprint density at radius 1 is 1.60 bits per heavy atom. The Morgan fingerprint density at radius 3 is 2.93 bits per heavy atom. The third kappa shape index (κ3) is 2.02. The number of hydrogen-bond acceptors (Lipinski definition) is 2. The van der Waals surface area contributed by atoms with E-state index in [-0.39, 0.29) is 19.3 Å². The van der Waals surface area contributed by atoms with E-state index >= 15 is 0 Å². The molecular formula is C10H14F2N2O. The molecule has 1 aromatic heterocycles. The highest BCUT2D eigenvalue weighted by molar-refractivity contribution is 5.12. The average Bonchev–Trinajstić information content (AvgIpc) is 2.56. The molecule has 1 aliphatic rings. The summed E-state index contributed by atoms with van der Waals surface area (Å²) in [4.78, 5) is 0. The number of hydrogen-bond donors (Lipinski definition) is 1. The monoisotopic (exact) mass is 216 g/mol. The molecule has 0 aromatic carbocycles. The first-order valence-corrected chi connectivity index (χ1v) is 5.03. The molecule has 1 N–H and O–H groups in total. The normalized spacial score (nSPS) is 30.4. The lowest BCUT2D eigenvalue weighted by molar-refractivity contribution is -0.0751. The summed E-state index contributed by atoms with van der Waals surface area (Å²) >= 11 is 0. The Labute approximate surface area is 86.7 Å². The van der Waals surface area contributed by atoms with Gasteiger partial charge in [0.25, 0.3) is 0 Å². The minimum absolute atomic E-state index is 0.156. The van der Waals surface area contributed by atoms with Crippen LogP contribution in [0.1, 0.15) is 30.9 Å². The van der Waals surface area contributed by atoms with E-state index in [1.165, 1.54) is 0 Å². The van der Waals surface area contributed by atoms with Crippen LogP contribution in [-0.4, -0.2) is 26.9 Å². The average molecular weight is 216 g/mol. The van der Waals surface area contributed by atoms with Crippen LogP contribution in [0.15, 0.2) is 12.3 Å². The van der Waals surface area contributed by atoms with Crippen molar-refractivity contribution in [1.29, 1.82) is 0 Å². The molecule has 5 heteroatoms. The van der Waals surface area contributed by atoms with Gasteiger partial charge in [-0.2, -0.15) is 5.10 Å². The first-order chi connectivity index (χ1) is 6.99. The summed E-state index contributed by atoms with van der Waals surface area (Å²) in [5.41, 5.74) is 0.682. The van der Waals surface area contributed by atoms with Gasteiger partial charge >= 0.3 is 0 Å². The van der Waals surface area contributed by atoms with Crippen molar-refractivity contribution in [3.63, 3.8) is 0 Å². The molecule has 1 unspecified atom stereocenters. The van der Waals surface area contributed by atoms with Gasteiger partial charge in [-0.3, -0.25) is 4.68 Å². The molecule has 3 nitrogen and oxygen atoms in total. The van der Waals surface area contributed by atoms with Crippen LogP contribution in [-0.2, 0) is 7.05 Å². The van der Waals surface area contributed by atoms with Crippen LogP contribution in [0, 0.1) is 0 Å². The van der Waals surface area contributed by atoms with E-state index in [1.807, 2.05) is 0 Å². The maximum Gasteiger partial charge on any atom is 0.249 e. The summed E-state index contributed by atoms with van der Waals surface area (Å²) in [5.74, 6) is -3.16. The van der Waals surface area contributed by atoms with Gasteiger partial charge in [0.15, 0.2) is 0 Å². The molecule has 0 bridgehead atoms. The Balaban J connectivity index is 2.24. The van der Waals surface area contributed by atoms with Crippen LogP contribution < -0.4 is 0 Å². The molecule has 2 rings (SSSR count). The zero-order chi connectivity index (χ0) is 11.1. The summed E-state index contributed by atoms with van der Waals surface area (Å²) in [5, 5.41) is 13.7. The standard InChI is InChI=1S/C10H14F2N2O/c1-14-8(3-5-13-14)7-6-10(11,12)4-2-9(7)15/h3,5,7,9,15H,2,4,6H2,1H3/t7-,9?/m1/s1. The second-order valence-corrected chi connectivity index (χ2v) is 4.15. The molecule has 0 radical (unpaired) electrons. The Kier molecular flexibility index (Phi) is 2.50. The predicted octanol–water partition coefficient (Wildman–Crippen LogP) is 1.68. The predicted molar refractivity (Wildman–Crippen MR) is 50.8 cm³/mol. The smallest absolute Gasteiger partial charge is 0.249 e. The van der Waals surface area contributed by atoms with Crippen LogP contribution in [0.5, 0.6) is 0 Å². The van der Waals surface area contributed by atoms with Gasteiger partial charge < -0.3 is 5.11 Å². The van der Waals surface area contributed by atoms with Crippen LogP contribution in [0.25, 0.3) is 0 Å². The van der Waals surface area contributed by atoms with E-state index in [9.17, 15) is 13.9 Å². The number of aryl methyl sites for hydroxylation is 1. The fraction of sp³-hybridized carbons (Fsp3) is 0.700. The zero-order valence-electron chi connectivity index (χ0n) is 8.53. The van der Waals surface area contributed by atoms with Crippen molar-refractivity contribution in [2.24, 2.45) is 7.05 Å². The molecule has 0 saturated heterocycles. The fourth-order valence-electron chi connectivity index (χ4n) is 2.17. The third-order valence-electron chi connectivity index (χ3n) is 3.03. The molecule has 0 amide bonds. The van der Waals surface area contributed by atoms with Crippen LogP contribution in [0.3, 0.4) is 0 Å². The van der Waals surface area contributed by atoms with Gasteiger partial charge in [-0.15, -0.1) is 0 Å². The number of aliphatic hydroxyl groups excluding tert-OH is 1. The Bertz CT molecular complexity index is 351. The van der Waals surface area contributed by atoms with Crippen molar-refractivity contribution in [3.8, 4) is 0 Å². The van der Waals surface area contributed by atoms with Gasteiger partial charge in [0, 0.05) is 37.7 Å². The first kappa shape index (κ1) is 10.5. The molecule has 2 atom stereocenters. The van der Waals surface area contributed by atoms with Crippen LogP contribution >= 0.6 is 0 Å². The lowest BCUT2D eigenvalue weighted by Crippen LogP contribution is -2.35. The summed E-state index contributed by atoms with van der Waals surface area (Å²) in [6, 6.07) is 1.69. The molecule has 0 aliphatic heterocycles. The van der Waals surface area contributed by atoms with Crippen molar-refractivity contribution in [1.82, 2.24) is 9.78 Å². The van der Waals surface area contributed by atoms with E-state index in [0.29, 0.717) is 5.69 Å². The lowest BCUT2D eigenvalue weighted by atomic mass is 9.82. The molecule has 1 saturated carbocycles. The topological polar surface area (TPSA) is 38.0 Å². The van der Waals surface area contributed by atoms with E-state index < -0.39 is 17.9 Å². The van der Waals surface area contributed by atoms with Crippen molar-refractivity contribution >= 4 is 0 Å². The molecule has 15 heavy (non-hydrogen) atoms. The van der Waals surface area contributed by atoms with Gasteiger partial charge in [-0.1, -0.05) is 0 Å². The third-order valence-corrected chi connectivity index (χ3v) is 3.03. The summed E-state index contributed by atoms with van der Waals surface area (Å²) in [6.45, 7) is 0. The highest BCUT2D eigenvalue weighted by atomic mass is 19.3. The summed E-state index contributed by atoms with van der Waals surface area (Å²) in [7, 11) is 1.70. The highest BCUT2D eigenvalue weighted by Crippen LogP contribution is 2.41. The SMILES string of the molecule is Cn1nccc1[C@H]1CC(F)(F)CCC1O. The van der Waals surface area contributed by atoms with Gasteiger partial charge in [-0.25, -0.2) is 8.78 Å². The Hall–Kier alpha value is -0.970. The Morgan fingerprint density at radius 2 is 2.33 bits per heavy atom. The minimum atomic E-state index is -2.66. The number of halogens is 2. The van der Waals surface area contributed by atoms with E-state index in [1.54, 1.807) is 24.0 Å². The second kappa shape index (κ2) is 3.56. The maximum atomic E-state index is 13.2. The summed E-state index contributed by atoms with van der Waals surface area (Å²) in [6.07, 6.45) is 0.536. The first-order valence-electron chi connectivity index (χ1n) is 5.03. The molecule has 1 heterocycles. The number of aromatic nitrogens is 2. The van der Waals surface area contributed by atoms with Crippen LogP contribution in [0.2, 0.25) is 0 Å². The molecule has 1 fully saturated rings. The van der Waals surface area contributed by atoms with Crippen molar-refractivity contribution in [3.05, 3.63) is 18.0 Å². The molecule has 1 aliphatic carbocycles. The minimum Gasteiger partial charge on any atom is -0.392 e. The highest BCUT2D eigenvalue weighted by Gasteiger charge is 2.42. The van der Waals surface area contributed by atoms with Gasteiger partial charge in [0.2, 0.25) is 5.92 Å². The molecule has 0 spiro atoms. The quantitative estimate of drug-likeness (QED) is 0.775. The summed E-state index contributed by atoms with van der Waals surface area (Å²) < 4.78 is 28.0. The zero-order valence-corrected chi connectivity index (χ0v) is 8.53.